The number of hydrogen-bond donors (Lipinski definition) is 1. The molecule has 0 heterocycles. The van der Waals surface area contributed by atoms with Gasteiger partial charge in [0.2, 0.25) is 6.10 Å². The number of carbonyl (C=O) groups excluding carboxylic acids is 2. The number of nitrogens with one attached hydrogen (secondary N) is 1. The molecule has 0 saturated carbocycles. The van der Waals surface area contributed by atoms with Crippen molar-refractivity contribution in [3.8, 4) is 5.75 Å². The number of anilines is 1. The van der Waals surface area contributed by atoms with Gasteiger partial charge in [0.1, 0.15) is 11.6 Å². The summed E-state index contributed by atoms with van der Waals surface area (Å²) >= 11 is 0. The van der Waals surface area contributed by atoms with Gasteiger partial charge in [0.05, 0.1) is 12.7 Å². The van der Waals surface area contributed by atoms with Crippen molar-refractivity contribution in [3.05, 3.63) is 95.8 Å². The summed E-state index contributed by atoms with van der Waals surface area (Å²) in [6.45, 7) is 0. The minimum absolute atomic E-state index is 0.259. The summed E-state index contributed by atoms with van der Waals surface area (Å²) in [5.41, 5.74) is 1.16. The van der Waals surface area contributed by atoms with Gasteiger partial charge in [-0.3, -0.25) is 4.79 Å². The molecule has 1 N–H and O–H groups in total. The Balaban J connectivity index is 1.83. The highest BCUT2D eigenvalue weighted by atomic mass is 19.1. The molecule has 1 atom stereocenters. The maximum atomic E-state index is 13.1. The number of ether oxygens (including phenoxy) is 2. The van der Waals surface area contributed by atoms with E-state index in [1.165, 1.54) is 37.4 Å². The molecule has 0 saturated heterocycles. The van der Waals surface area contributed by atoms with Crippen LogP contribution in [0.1, 0.15) is 22.0 Å². The normalized spacial score (nSPS) is 11.4. The van der Waals surface area contributed by atoms with Crippen LogP contribution in [-0.2, 0) is 9.53 Å². The van der Waals surface area contributed by atoms with Gasteiger partial charge in [-0.1, -0.05) is 36.4 Å². The van der Waals surface area contributed by atoms with E-state index in [0.29, 0.717) is 17.0 Å². The number of amides is 1. The fourth-order valence-corrected chi connectivity index (χ4v) is 2.57. The Kier molecular flexibility index (Phi) is 6.01. The zero-order valence-electron chi connectivity index (χ0n) is 15.1. The topological polar surface area (TPSA) is 64.6 Å². The monoisotopic (exact) mass is 379 g/mol. The van der Waals surface area contributed by atoms with Crippen molar-refractivity contribution in [3.63, 3.8) is 0 Å². The van der Waals surface area contributed by atoms with Crippen LogP contribution in [0.4, 0.5) is 10.1 Å². The zero-order chi connectivity index (χ0) is 19.9. The summed E-state index contributed by atoms with van der Waals surface area (Å²) in [7, 11) is 1.49. The second kappa shape index (κ2) is 8.81. The molecular weight excluding hydrogens is 361 g/mol. The Bertz CT molecular complexity index is 958. The zero-order valence-corrected chi connectivity index (χ0v) is 15.1. The van der Waals surface area contributed by atoms with Crippen LogP contribution in [0.15, 0.2) is 78.9 Å². The Hall–Kier alpha value is -3.67. The van der Waals surface area contributed by atoms with E-state index in [-0.39, 0.29) is 5.56 Å². The van der Waals surface area contributed by atoms with Crippen molar-refractivity contribution in [2.75, 3.05) is 12.4 Å². The van der Waals surface area contributed by atoms with Crippen LogP contribution in [0.5, 0.6) is 5.75 Å². The summed E-state index contributed by atoms with van der Waals surface area (Å²) < 4.78 is 23.7. The van der Waals surface area contributed by atoms with Gasteiger partial charge in [-0.2, -0.15) is 0 Å². The molecule has 0 unspecified atom stereocenters. The molecule has 0 aliphatic rings. The minimum Gasteiger partial charge on any atom is -0.497 e. The predicted molar refractivity (Wildman–Crippen MR) is 103 cm³/mol. The average molecular weight is 379 g/mol. The quantitative estimate of drug-likeness (QED) is 0.646. The Morgan fingerprint density at radius 3 is 2.32 bits per heavy atom. The summed E-state index contributed by atoms with van der Waals surface area (Å²) in [4.78, 5) is 25.4. The molecule has 0 aliphatic heterocycles. The highest BCUT2D eigenvalue weighted by Gasteiger charge is 2.26. The Morgan fingerprint density at radius 1 is 0.929 bits per heavy atom. The molecule has 28 heavy (non-hydrogen) atoms. The van der Waals surface area contributed by atoms with E-state index in [2.05, 4.69) is 5.32 Å². The van der Waals surface area contributed by atoms with Crippen molar-refractivity contribution >= 4 is 17.6 Å². The van der Waals surface area contributed by atoms with Gasteiger partial charge in [0, 0.05) is 11.3 Å². The maximum absolute atomic E-state index is 13.1. The molecule has 3 rings (SSSR count). The molecule has 0 aliphatic carbocycles. The molecule has 5 nitrogen and oxygen atoms in total. The molecule has 142 valence electrons. The van der Waals surface area contributed by atoms with Gasteiger partial charge < -0.3 is 14.8 Å². The minimum atomic E-state index is -1.18. The maximum Gasteiger partial charge on any atom is 0.339 e. The van der Waals surface area contributed by atoms with Crippen molar-refractivity contribution in [1.29, 1.82) is 0 Å². The van der Waals surface area contributed by atoms with Crippen molar-refractivity contribution in [2.24, 2.45) is 0 Å². The third-order valence-corrected chi connectivity index (χ3v) is 3.98. The van der Waals surface area contributed by atoms with Crippen LogP contribution in [0.3, 0.4) is 0 Å². The lowest BCUT2D eigenvalue weighted by Crippen LogP contribution is -2.26. The number of methoxy groups -OCH3 is 1. The molecular formula is C22H18FNO4. The number of benzene rings is 3. The van der Waals surface area contributed by atoms with E-state index in [9.17, 15) is 14.0 Å². The van der Waals surface area contributed by atoms with Crippen LogP contribution in [0, 0.1) is 5.82 Å². The molecule has 0 radical (unpaired) electrons. The molecule has 0 spiro atoms. The largest absolute Gasteiger partial charge is 0.497 e. The first-order valence-corrected chi connectivity index (χ1v) is 8.53. The second-order valence-electron chi connectivity index (χ2n) is 5.92. The van der Waals surface area contributed by atoms with Crippen LogP contribution < -0.4 is 10.1 Å². The lowest BCUT2D eigenvalue weighted by Gasteiger charge is -2.18. The Labute approximate surface area is 161 Å². The predicted octanol–water partition coefficient (Wildman–Crippen LogP) is 4.37. The van der Waals surface area contributed by atoms with Crippen LogP contribution in [-0.4, -0.2) is 19.0 Å². The van der Waals surface area contributed by atoms with Gasteiger partial charge in [0.25, 0.3) is 5.91 Å². The first-order chi connectivity index (χ1) is 13.6. The molecule has 3 aromatic carbocycles. The SMILES string of the molecule is COc1cccc(C(=O)O[C@@H](C(=O)Nc2ccc(F)cc2)c2ccccc2)c1. The average Bonchev–Trinajstić information content (AvgIpc) is 2.74. The van der Waals surface area contributed by atoms with Crippen molar-refractivity contribution in [1.82, 2.24) is 0 Å². The summed E-state index contributed by atoms with van der Waals surface area (Å²) in [6, 6.07) is 20.4. The van der Waals surface area contributed by atoms with Gasteiger partial charge >= 0.3 is 5.97 Å². The molecule has 0 fully saturated rings. The van der Waals surface area contributed by atoms with Crippen LogP contribution >= 0.6 is 0 Å². The first-order valence-electron chi connectivity index (χ1n) is 8.53. The molecule has 0 bridgehead atoms. The van der Waals surface area contributed by atoms with E-state index < -0.39 is 23.8 Å². The van der Waals surface area contributed by atoms with E-state index in [0.717, 1.165) is 0 Å². The molecule has 3 aromatic rings. The van der Waals surface area contributed by atoms with Crippen LogP contribution in [0.2, 0.25) is 0 Å². The van der Waals surface area contributed by atoms with Gasteiger partial charge in [0.15, 0.2) is 0 Å². The summed E-state index contributed by atoms with van der Waals surface area (Å²) in [6.07, 6.45) is -1.18. The van der Waals surface area contributed by atoms with Crippen LogP contribution in [0.25, 0.3) is 0 Å². The van der Waals surface area contributed by atoms with E-state index in [1.807, 2.05) is 0 Å². The van der Waals surface area contributed by atoms with Gasteiger partial charge in [-0.15, -0.1) is 0 Å². The second-order valence-corrected chi connectivity index (χ2v) is 5.92. The highest BCUT2D eigenvalue weighted by molar-refractivity contribution is 5.98. The lowest BCUT2D eigenvalue weighted by molar-refractivity contribution is -0.125. The molecule has 1 amide bonds. The van der Waals surface area contributed by atoms with Gasteiger partial charge in [-0.25, -0.2) is 9.18 Å². The van der Waals surface area contributed by atoms with E-state index in [4.69, 9.17) is 9.47 Å². The number of halogens is 1. The smallest absolute Gasteiger partial charge is 0.339 e. The lowest BCUT2D eigenvalue weighted by atomic mass is 10.1. The third-order valence-electron chi connectivity index (χ3n) is 3.98. The standard InChI is InChI=1S/C22H18FNO4/c1-27-19-9-5-8-16(14-19)22(26)28-20(15-6-3-2-4-7-15)21(25)24-18-12-10-17(23)11-13-18/h2-14,20H,1H3,(H,24,25)/t20-/m1/s1. The third kappa shape index (κ3) is 4.73. The van der Waals surface area contributed by atoms with Crippen molar-refractivity contribution in [2.45, 2.75) is 6.10 Å². The fraction of sp³-hybridized carbons (Fsp3) is 0.0909. The van der Waals surface area contributed by atoms with Gasteiger partial charge in [-0.05, 0) is 42.5 Å². The molecule has 0 aromatic heterocycles. The number of hydrogen-bond acceptors (Lipinski definition) is 4. The van der Waals surface area contributed by atoms with E-state index in [1.54, 1.807) is 48.5 Å². The summed E-state index contributed by atoms with van der Waals surface area (Å²) in [5, 5.41) is 2.64. The van der Waals surface area contributed by atoms with Crippen molar-refractivity contribution < 1.29 is 23.5 Å². The number of esters is 1. The highest BCUT2D eigenvalue weighted by Crippen LogP contribution is 2.23. The fourth-order valence-electron chi connectivity index (χ4n) is 2.57. The molecule has 6 heteroatoms. The summed E-state index contributed by atoms with van der Waals surface area (Å²) in [5.74, 6) is -1.13. The number of carbonyl (C=O) groups is 2. The first kappa shape index (κ1) is 19.1. The Morgan fingerprint density at radius 2 is 1.64 bits per heavy atom. The number of rotatable bonds is 6. The van der Waals surface area contributed by atoms with E-state index >= 15 is 0 Å².